The standard InChI is InChI=1S/C28H41NO4/c1-3-4-5-6-7-8-19-32-25-16-9-22(10-17-25)13-18-27-28(30)26(21-33-27)29-20-23-11-14-24(31-2)15-12-23/h9-12,14-17,26-30H,3-8,13,18-21H2,1-2H3/t26-,27-,28-/m0/s1. The second-order valence-corrected chi connectivity index (χ2v) is 9.00. The fourth-order valence-electron chi connectivity index (χ4n) is 4.24. The van der Waals surface area contributed by atoms with Crippen LogP contribution in [-0.4, -0.2) is 43.7 Å². The van der Waals surface area contributed by atoms with Crippen molar-refractivity contribution < 1.29 is 19.3 Å². The van der Waals surface area contributed by atoms with Crippen LogP contribution in [0, 0.1) is 0 Å². The average Bonchev–Trinajstić information content (AvgIpc) is 3.21. The fourth-order valence-corrected chi connectivity index (χ4v) is 4.24. The average molecular weight is 456 g/mol. The van der Waals surface area contributed by atoms with Gasteiger partial charge in [-0.25, -0.2) is 0 Å². The van der Waals surface area contributed by atoms with Gasteiger partial charge in [-0.2, -0.15) is 0 Å². The highest BCUT2D eigenvalue weighted by Crippen LogP contribution is 2.21. The Labute approximate surface area is 199 Å². The number of nitrogens with one attached hydrogen (secondary N) is 1. The smallest absolute Gasteiger partial charge is 0.119 e. The van der Waals surface area contributed by atoms with Gasteiger partial charge in [0.05, 0.1) is 38.6 Å². The molecule has 1 heterocycles. The molecule has 0 aromatic heterocycles. The molecule has 3 atom stereocenters. The molecular weight excluding hydrogens is 414 g/mol. The predicted octanol–water partition coefficient (Wildman–Crippen LogP) is 5.29. The fraction of sp³-hybridized carbons (Fsp3) is 0.571. The number of benzene rings is 2. The van der Waals surface area contributed by atoms with Gasteiger partial charge in [-0.3, -0.25) is 0 Å². The van der Waals surface area contributed by atoms with E-state index in [9.17, 15) is 5.11 Å². The van der Waals surface area contributed by atoms with Crippen LogP contribution in [0.1, 0.15) is 63.0 Å². The minimum Gasteiger partial charge on any atom is -0.497 e. The Balaban J connectivity index is 1.32. The van der Waals surface area contributed by atoms with Gasteiger partial charge in [-0.15, -0.1) is 0 Å². The Bertz CT molecular complexity index is 777. The number of ether oxygens (including phenoxy) is 3. The first-order valence-electron chi connectivity index (χ1n) is 12.6. The number of aliphatic hydroxyl groups is 1. The first kappa shape index (κ1) is 25.5. The SMILES string of the molecule is CCCCCCCCOc1ccc(CC[C@@H]2OC[C@H](NCc3ccc(OC)cc3)[C@@H]2O)cc1. The molecule has 0 spiro atoms. The first-order valence-corrected chi connectivity index (χ1v) is 12.6. The maximum Gasteiger partial charge on any atom is 0.119 e. The summed E-state index contributed by atoms with van der Waals surface area (Å²) in [6, 6.07) is 16.3. The molecule has 1 fully saturated rings. The number of hydrogen-bond donors (Lipinski definition) is 2. The molecule has 33 heavy (non-hydrogen) atoms. The maximum absolute atomic E-state index is 10.7. The van der Waals surface area contributed by atoms with E-state index in [-0.39, 0.29) is 12.1 Å². The van der Waals surface area contributed by atoms with Gasteiger partial charge in [0.1, 0.15) is 11.5 Å². The topological polar surface area (TPSA) is 60.0 Å². The van der Waals surface area contributed by atoms with Gasteiger partial charge in [0.25, 0.3) is 0 Å². The van der Waals surface area contributed by atoms with E-state index in [1.165, 1.54) is 37.7 Å². The second kappa shape index (κ2) is 14.2. The Kier molecular flexibility index (Phi) is 11.0. The highest BCUT2D eigenvalue weighted by Gasteiger charge is 2.35. The lowest BCUT2D eigenvalue weighted by Gasteiger charge is -2.19. The quantitative estimate of drug-likeness (QED) is 0.358. The summed E-state index contributed by atoms with van der Waals surface area (Å²) >= 11 is 0. The Morgan fingerprint density at radius 1 is 0.909 bits per heavy atom. The number of aryl methyl sites for hydroxylation is 1. The molecule has 1 saturated heterocycles. The third-order valence-corrected chi connectivity index (χ3v) is 6.42. The van der Waals surface area contributed by atoms with E-state index in [1.54, 1.807) is 7.11 Å². The molecule has 0 unspecified atom stereocenters. The molecule has 5 heteroatoms. The molecule has 1 aliphatic heterocycles. The number of hydrogen-bond acceptors (Lipinski definition) is 5. The van der Waals surface area contributed by atoms with E-state index in [1.807, 2.05) is 24.3 Å². The monoisotopic (exact) mass is 455 g/mol. The van der Waals surface area contributed by atoms with E-state index in [0.717, 1.165) is 42.9 Å². The van der Waals surface area contributed by atoms with Crippen LogP contribution in [0.15, 0.2) is 48.5 Å². The molecule has 0 aliphatic carbocycles. The van der Waals surface area contributed by atoms with Crippen LogP contribution in [0.4, 0.5) is 0 Å². The lowest BCUT2D eigenvalue weighted by atomic mass is 10.0. The zero-order valence-corrected chi connectivity index (χ0v) is 20.3. The number of rotatable bonds is 15. The van der Waals surface area contributed by atoms with Crippen LogP contribution >= 0.6 is 0 Å². The second-order valence-electron chi connectivity index (χ2n) is 9.00. The van der Waals surface area contributed by atoms with E-state index in [4.69, 9.17) is 14.2 Å². The van der Waals surface area contributed by atoms with Crippen molar-refractivity contribution in [1.29, 1.82) is 0 Å². The summed E-state index contributed by atoms with van der Waals surface area (Å²) in [5.74, 6) is 1.78. The zero-order chi connectivity index (χ0) is 23.3. The highest BCUT2D eigenvalue weighted by molar-refractivity contribution is 5.28. The maximum atomic E-state index is 10.7. The molecular formula is C28H41NO4. The van der Waals surface area contributed by atoms with Crippen molar-refractivity contribution in [2.24, 2.45) is 0 Å². The van der Waals surface area contributed by atoms with Gasteiger partial charge >= 0.3 is 0 Å². The molecule has 0 bridgehead atoms. The van der Waals surface area contributed by atoms with Crippen LogP contribution in [0.25, 0.3) is 0 Å². The minimum atomic E-state index is -0.497. The highest BCUT2D eigenvalue weighted by atomic mass is 16.5. The van der Waals surface area contributed by atoms with Gasteiger partial charge < -0.3 is 24.6 Å². The molecule has 0 radical (unpaired) electrons. The minimum absolute atomic E-state index is 0.0464. The van der Waals surface area contributed by atoms with Crippen molar-refractivity contribution in [3.05, 3.63) is 59.7 Å². The summed E-state index contributed by atoms with van der Waals surface area (Å²) in [5, 5.41) is 14.1. The molecule has 0 saturated carbocycles. The Morgan fingerprint density at radius 3 is 2.30 bits per heavy atom. The van der Waals surface area contributed by atoms with Crippen molar-refractivity contribution in [2.75, 3.05) is 20.3 Å². The van der Waals surface area contributed by atoms with E-state index < -0.39 is 6.10 Å². The van der Waals surface area contributed by atoms with Crippen LogP contribution in [0.3, 0.4) is 0 Å². The summed E-state index contributed by atoms with van der Waals surface area (Å²) in [6.45, 7) is 4.27. The van der Waals surface area contributed by atoms with Gasteiger partial charge in [-0.05, 0) is 54.7 Å². The van der Waals surface area contributed by atoms with Crippen molar-refractivity contribution in [3.63, 3.8) is 0 Å². The summed E-state index contributed by atoms with van der Waals surface area (Å²) in [5.41, 5.74) is 2.40. The molecule has 0 amide bonds. The van der Waals surface area contributed by atoms with Gasteiger partial charge in [0.2, 0.25) is 0 Å². The van der Waals surface area contributed by atoms with Gasteiger partial charge in [0, 0.05) is 6.54 Å². The lowest BCUT2D eigenvalue weighted by molar-refractivity contribution is 0.0353. The molecule has 3 rings (SSSR count). The third-order valence-electron chi connectivity index (χ3n) is 6.42. The molecule has 1 aliphatic rings. The van der Waals surface area contributed by atoms with Crippen LogP contribution < -0.4 is 14.8 Å². The predicted molar refractivity (Wildman–Crippen MR) is 133 cm³/mol. The van der Waals surface area contributed by atoms with Crippen molar-refractivity contribution in [2.45, 2.75) is 83.1 Å². The van der Waals surface area contributed by atoms with Crippen molar-refractivity contribution in [1.82, 2.24) is 5.32 Å². The summed E-state index contributed by atoms with van der Waals surface area (Å²) in [7, 11) is 1.67. The number of aliphatic hydroxyl groups excluding tert-OH is 1. The molecule has 2 aromatic rings. The molecule has 2 aromatic carbocycles. The summed E-state index contributed by atoms with van der Waals surface area (Å²) < 4.78 is 17.0. The van der Waals surface area contributed by atoms with Gasteiger partial charge in [-0.1, -0.05) is 63.3 Å². The van der Waals surface area contributed by atoms with Gasteiger partial charge in [0.15, 0.2) is 0 Å². The summed E-state index contributed by atoms with van der Waals surface area (Å²) in [6.07, 6.45) is 8.69. The largest absolute Gasteiger partial charge is 0.497 e. The van der Waals surface area contributed by atoms with Crippen molar-refractivity contribution in [3.8, 4) is 11.5 Å². The van der Waals surface area contributed by atoms with Crippen LogP contribution in [0.5, 0.6) is 11.5 Å². The molecule has 5 nitrogen and oxygen atoms in total. The molecule has 182 valence electrons. The summed E-state index contributed by atoms with van der Waals surface area (Å²) in [4.78, 5) is 0. The number of unbranched alkanes of at least 4 members (excludes halogenated alkanes) is 5. The Morgan fingerprint density at radius 2 is 1.58 bits per heavy atom. The third kappa shape index (κ3) is 8.65. The van der Waals surface area contributed by atoms with E-state index in [2.05, 4.69) is 36.5 Å². The van der Waals surface area contributed by atoms with Crippen molar-refractivity contribution >= 4 is 0 Å². The normalized spacial score (nSPS) is 20.2. The van der Waals surface area contributed by atoms with Crippen LogP contribution in [0.2, 0.25) is 0 Å². The Hall–Kier alpha value is -2.08. The molecule has 2 N–H and O–H groups in total. The van der Waals surface area contributed by atoms with Crippen LogP contribution in [-0.2, 0) is 17.7 Å². The zero-order valence-electron chi connectivity index (χ0n) is 20.3. The lowest BCUT2D eigenvalue weighted by Crippen LogP contribution is -2.41. The first-order chi connectivity index (χ1) is 16.2. The number of methoxy groups -OCH3 is 1. The van der Waals surface area contributed by atoms with E-state index >= 15 is 0 Å². The van der Waals surface area contributed by atoms with E-state index in [0.29, 0.717) is 13.2 Å².